The highest BCUT2D eigenvalue weighted by atomic mass is 15.3. The molecule has 1 heterocycles. The first kappa shape index (κ1) is 15.1. The molecule has 1 aliphatic heterocycles. The number of nitrogens with zero attached hydrogens (tertiary/aromatic N) is 1. The number of piperazine rings is 1. The molecule has 1 saturated heterocycles. The van der Waals surface area contributed by atoms with Crippen molar-refractivity contribution in [3.05, 3.63) is 12.2 Å². The topological polar surface area (TPSA) is 15.3 Å². The van der Waals surface area contributed by atoms with Crippen molar-refractivity contribution in [2.24, 2.45) is 5.92 Å². The van der Waals surface area contributed by atoms with Crippen molar-refractivity contribution in [3.8, 4) is 0 Å². The van der Waals surface area contributed by atoms with Crippen LogP contribution in [0.25, 0.3) is 0 Å². The molecule has 1 aliphatic carbocycles. The Kier molecular flexibility index (Phi) is 5.47. The van der Waals surface area contributed by atoms with E-state index in [1.807, 2.05) is 0 Å². The van der Waals surface area contributed by atoms with Gasteiger partial charge in [0.15, 0.2) is 0 Å². The van der Waals surface area contributed by atoms with Gasteiger partial charge in [0.1, 0.15) is 0 Å². The van der Waals surface area contributed by atoms with Gasteiger partial charge in [0.2, 0.25) is 0 Å². The summed E-state index contributed by atoms with van der Waals surface area (Å²) in [5.41, 5.74) is 0.438. The summed E-state index contributed by atoms with van der Waals surface area (Å²) in [4.78, 5) is 2.74. The summed E-state index contributed by atoms with van der Waals surface area (Å²) >= 11 is 0. The molecule has 0 aromatic carbocycles. The summed E-state index contributed by atoms with van der Waals surface area (Å²) in [5, 5.41) is 3.93. The SMILES string of the molecule is C/C=C/CN1CC2(CCCCC2)NCC1CC(C)C. The van der Waals surface area contributed by atoms with Crippen LogP contribution >= 0.6 is 0 Å². The van der Waals surface area contributed by atoms with Gasteiger partial charge in [0, 0.05) is 31.2 Å². The van der Waals surface area contributed by atoms with Crippen LogP contribution in [-0.2, 0) is 0 Å². The normalized spacial score (nSPS) is 28.5. The molecule has 2 nitrogen and oxygen atoms in total. The van der Waals surface area contributed by atoms with Gasteiger partial charge in [0.05, 0.1) is 0 Å². The molecule has 2 fully saturated rings. The van der Waals surface area contributed by atoms with Crippen molar-refractivity contribution in [3.63, 3.8) is 0 Å². The molecule has 2 aliphatic rings. The number of rotatable bonds is 4. The molecule has 0 aromatic heterocycles. The van der Waals surface area contributed by atoms with E-state index in [1.54, 1.807) is 0 Å². The minimum absolute atomic E-state index is 0.438. The fourth-order valence-corrected chi connectivity index (χ4v) is 3.83. The lowest BCUT2D eigenvalue weighted by atomic mass is 9.79. The van der Waals surface area contributed by atoms with Crippen molar-refractivity contribution < 1.29 is 0 Å². The second-order valence-corrected chi connectivity index (χ2v) is 7.00. The van der Waals surface area contributed by atoms with Crippen LogP contribution in [0.5, 0.6) is 0 Å². The van der Waals surface area contributed by atoms with Crippen LogP contribution in [0.15, 0.2) is 12.2 Å². The van der Waals surface area contributed by atoms with Crippen molar-refractivity contribution in [2.75, 3.05) is 19.6 Å². The maximum absolute atomic E-state index is 3.93. The number of nitrogens with one attached hydrogen (secondary N) is 1. The first-order chi connectivity index (χ1) is 9.15. The lowest BCUT2D eigenvalue weighted by Gasteiger charge is -2.50. The Labute approximate surface area is 119 Å². The number of hydrogen-bond acceptors (Lipinski definition) is 2. The molecule has 110 valence electrons. The third-order valence-corrected chi connectivity index (χ3v) is 4.86. The smallest absolute Gasteiger partial charge is 0.0309 e. The van der Waals surface area contributed by atoms with Crippen molar-refractivity contribution >= 4 is 0 Å². The first-order valence-electron chi connectivity index (χ1n) is 8.25. The number of allylic oxidation sites excluding steroid dienone is 1. The Hall–Kier alpha value is -0.340. The molecule has 0 aromatic rings. The molecule has 19 heavy (non-hydrogen) atoms. The van der Waals surface area contributed by atoms with E-state index in [-0.39, 0.29) is 0 Å². The standard InChI is InChI=1S/C17H32N2/c1-4-5-11-19-14-17(9-7-6-8-10-17)18-13-16(19)12-15(2)3/h4-5,15-16,18H,6-14H2,1-3H3/b5-4+. The predicted octanol–water partition coefficient (Wildman–Crippen LogP) is 3.59. The van der Waals surface area contributed by atoms with Gasteiger partial charge < -0.3 is 5.32 Å². The van der Waals surface area contributed by atoms with Gasteiger partial charge >= 0.3 is 0 Å². The van der Waals surface area contributed by atoms with Crippen LogP contribution < -0.4 is 5.32 Å². The first-order valence-corrected chi connectivity index (χ1v) is 8.25. The van der Waals surface area contributed by atoms with E-state index in [1.165, 1.54) is 51.6 Å². The molecule has 2 heteroatoms. The lowest BCUT2D eigenvalue weighted by Crippen LogP contribution is -2.64. The van der Waals surface area contributed by atoms with Crippen molar-refractivity contribution in [1.29, 1.82) is 0 Å². The fraction of sp³-hybridized carbons (Fsp3) is 0.882. The molecule has 1 spiro atoms. The Morgan fingerprint density at radius 3 is 2.63 bits per heavy atom. The van der Waals surface area contributed by atoms with E-state index in [2.05, 4.69) is 43.1 Å². The number of hydrogen-bond donors (Lipinski definition) is 1. The zero-order valence-corrected chi connectivity index (χ0v) is 13.1. The van der Waals surface area contributed by atoms with Gasteiger partial charge in [-0.1, -0.05) is 45.3 Å². The second kappa shape index (κ2) is 6.90. The van der Waals surface area contributed by atoms with Crippen molar-refractivity contribution in [1.82, 2.24) is 10.2 Å². The molecular weight excluding hydrogens is 232 g/mol. The van der Waals surface area contributed by atoms with E-state index >= 15 is 0 Å². The minimum atomic E-state index is 0.438. The average Bonchev–Trinajstić information content (AvgIpc) is 2.40. The molecule has 0 bridgehead atoms. The Morgan fingerprint density at radius 1 is 1.26 bits per heavy atom. The largest absolute Gasteiger partial charge is 0.308 e. The van der Waals surface area contributed by atoms with Crippen molar-refractivity contribution in [2.45, 2.75) is 70.9 Å². The minimum Gasteiger partial charge on any atom is -0.308 e. The molecule has 0 radical (unpaired) electrons. The van der Waals surface area contributed by atoms with Gasteiger partial charge in [-0.2, -0.15) is 0 Å². The Morgan fingerprint density at radius 2 is 2.00 bits per heavy atom. The molecule has 0 amide bonds. The van der Waals surface area contributed by atoms with Crippen LogP contribution in [0.1, 0.15) is 59.3 Å². The highest BCUT2D eigenvalue weighted by Crippen LogP contribution is 2.32. The third-order valence-electron chi connectivity index (χ3n) is 4.86. The average molecular weight is 264 g/mol. The van der Waals surface area contributed by atoms with Gasteiger partial charge in [-0.25, -0.2) is 0 Å². The molecule has 1 saturated carbocycles. The van der Waals surface area contributed by atoms with E-state index in [0.29, 0.717) is 5.54 Å². The summed E-state index contributed by atoms with van der Waals surface area (Å²) < 4.78 is 0. The van der Waals surface area contributed by atoms with E-state index in [4.69, 9.17) is 0 Å². The van der Waals surface area contributed by atoms with E-state index < -0.39 is 0 Å². The zero-order chi connectivity index (χ0) is 13.7. The highest BCUT2D eigenvalue weighted by Gasteiger charge is 2.39. The van der Waals surface area contributed by atoms with Crippen LogP contribution in [0.4, 0.5) is 0 Å². The summed E-state index contributed by atoms with van der Waals surface area (Å²) in [6, 6.07) is 0.726. The fourth-order valence-electron chi connectivity index (χ4n) is 3.83. The Balaban J connectivity index is 2.00. The third kappa shape index (κ3) is 4.06. The summed E-state index contributed by atoms with van der Waals surface area (Å²) in [7, 11) is 0. The van der Waals surface area contributed by atoms with Gasteiger partial charge in [-0.3, -0.25) is 4.90 Å². The van der Waals surface area contributed by atoms with Crippen LogP contribution in [0.2, 0.25) is 0 Å². The monoisotopic (exact) mass is 264 g/mol. The zero-order valence-electron chi connectivity index (χ0n) is 13.1. The lowest BCUT2D eigenvalue weighted by molar-refractivity contribution is 0.0556. The molecule has 2 rings (SSSR count). The van der Waals surface area contributed by atoms with Crippen LogP contribution in [0.3, 0.4) is 0 Å². The van der Waals surface area contributed by atoms with E-state index in [9.17, 15) is 0 Å². The summed E-state index contributed by atoms with van der Waals surface area (Å²) in [6.07, 6.45) is 12.9. The summed E-state index contributed by atoms with van der Waals surface area (Å²) in [5.74, 6) is 0.792. The second-order valence-electron chi connectivity index (χ2n) is 7.00. The van der Waals surface area contributed by atoms with Gasteiger partial charge in [-0.15, -0.1) is 0 Å². The maximum Gasteiger partial charge on any atom is 0.0309 e. The predicted molar refractivity (Wildman–Crippen MR) is 83.4 cm³/mol. The van der Waals surface area contributed by atoms with Gasteiger partial charge in [-0.05, 0) is 32.1 Å². The van der Waals surface area contributed by atoms with Gasteiger partial charge in [0.25, 0.3) is 0 Å². The van der Waals surface area contributed by atoms with Crippen LogP contribution in [0, 0.1) is 5.92 Å². The highest BCUT2D eigenvalue weighted by molar-refractivity contribution is 5.01. The quantitative estimate of drug-likeness (QED) is 0.781. The summed E-state index contributed by atoms with van der Waals surface area (Å²) in [6.45, 7) is 10.4. The Bertz CT molecular complexity index is 290. The van der Waals surface area contributed by atoms with Crippen LogP contribution in [-0.4, -0.2) is 36.1 Å². The molecule has 1 unspecified atom stereocenters. The van der Waals surface area contributed by atoms with E-state index in [0.717, 1.165) is 18.5 Å². The molecular formula is C17H32N2. The molecule has 1 N–H and O–H groups in total. The molecule has 1 atom stereocenters. The maximum atomic E-state index is 3.93.